The Balaban J connectivity index is 1.68. The number of benzene rings is 1. The molecule has 3 rings (SSSR count). The highest BCUT2D eigenvalue weighted by Gasteiger charge is 2.34. The third kappa shape index (κ3) is 3.26. The highest BCUT2D eigenvalue weighted by molar-refractivity contribution is 9.09. The van der Waals surface area contributed by atoms with Crippen LogP contribution in [0.15, 0.2) is 30.3 Å². The maximum absolute atomic E-state index is 5.98. The molecule has 1 heterocycles. The van der Waals surface area contributed by atoms with Gasteiger partial charge in [-0.15, -0.1) is 0 Å². The Hall–Kier alpha value is -0.380. The van der Waals surface area contributed by atoms with Crippen LogP contribution in [0.25, 0.3) is 0 Å². The molecule has 3 heteroatoms. The molecule has 2 aliphatic rings. The molecule has 0 aromatic heterocycles. The Labute approximate surface area is 130 Å². The number of nitrogens with zero attached hydrogens (tertiary/aromatic N) is 1. The van der Waals surface area contributed by atoms with Gasteiger partial charge in [0.15, 0.2) is 0 Å². The molecule has 20 heavy (non-hydrogen) atoms. The lowest BCUT2D eigenvalue weighted by atomic mass is 9.89. The van der Waals surface area contributed by atoms with E-state index in [1.807, 2.05) is 0 Å². The van der Waals surface area contributed by atoms with Crippen LogP contribution in [-0.2, 0) is 4.74 Å². The molecule has 3 atom stereocenters. The molecule has 2 fully saturated rings. The monoisotopic (exact) mass is 337 g/mol. The minimum Gasteiger partial charge on any atom is -0.375 e. The lowest BCUT2D eigenvalue weighted by Crippen LogP contribution is -2.53. The summed E-state index contributed by atoms with van der Waals surface area (Å²) in [6.45, 7) is 3.16. The van der Waals surface area contributed by atoms with Crippen molar-refractivity contribution in [2.45, 2.75) is 43.7 Å². The van der Waals surface area contributed by atoms with E-state index in [1.54, 1.807) is 0 Å². The van der Waals surface area contributed by atoms with Crippen LogP contribution < -0.4 is 0 Å². The molecule has 0 N–H and O–H groups in total. The third-order valence-corrected chi connectivity index (χ3v) is 5.54. The Morgan fingerprint density at radius 3 is 2.80 bits per heavy atom. The van der Waals surface area contributed by atoms with Gasteiger partial charge in [0.25, 0.3) is 0 Å². The molecule has 0 spiro atoms. The first kappa shape index (κ1) is 14.6. The molecule has 1 aliphatic heterocycles. The molecule has 110 valence electrons. The van der Waals surface area contributed by atoms with Crippen LogP contribution in [0.3, 0.4) is 0 Å². The number of hydrogen-bond donors (Lipinski definition) is 0. The van der Waals surface area contributed by atoms with E-state index < -0.39 is 0 Å². The number of rotatable bonds is 4. The second-order valence-electron chi connectivity index (χ2n) is 6.02. The summed E-state index contributed by atoms with van der Waals surface area (Å²) in [4.78, 5) is 2.69. The summed E-state index contributed by atoms with van der Waals surface area (Å²) in [7, 11) is 0. The molecular formula is C17H24BrNO. The zero-order chi connectivity index (χ0) is 13.8. The number of alkyl halides is 1. The predicted octanol–water partition coefficient (Wildman–Crippen LogP) is 3.81. The van der Waals surface area contributed by atoms with Gasteiger partial charge in [0.05, 0.1) is 12.7 Å². The van der Waals surface area contributed by atoms with E-state index in [1.165, 1.54) is 31.2 Å². The fourth-order valence-corrected chi connectivity index (χ4v) is 4.23. The van der Waals surface area contributed by atoms with Gasteiger partial charge in [-0.2, -0.15) is 0 Å². The summed E-state index contributed by atoms with van der Waals surface area (Å²) >= 11 is 3.71. The van der Waals surface area contributed by atoms with E-state index in [4.69, 9.17) is 4.74 Å². The van der Waals surface area contributed by atoms with Crippen LogP contribution in [0.2, 0.25) is 0 Å². The van der Waals surface area contributed by atoms with Crippen LogP contribution in [0.4, 0.5) is 0 Å². The van der Waals surface area contributed by atoms with Crippen LogP contribution >= 0.6 is 15.9 Å². The molecule has 1 saturated carbocycles. The van der Waals surface area contributed by atoms with Crippen molar-refractivity contribution < 1.29 is 4.74 Å². The largest absolute Gasteiger partial charge is 0.375 e. The van der Waals surface area contributed by atoms with Gasteiger partial charge in [0.1, 0.15) is 0 Å². The molecule has 1 saturated heterocycles. The van der Waals surface area contributed by atoms with Crippen molar-refractivity contribution in [1.29, 1.82) is 0 Å². The van der Waals surface area contributed by atoms with E-state index in [2.05, 4.69) is 51.2 Å². The summed E-state index contributed by atoms with van der Waals surface area (Å²) in [5.74, 6) is 0.580. The minimum absolute atomic E-state index is 0.490. The molecule has 1 aliphatic carbocycles. The van der Waals surface area contributed by atoms with Crippen LogP contribution in [0.1, 0.15) is 37.2 Å². The number of hydrogen-bond acceptors (Lipinski definition) is 2. The van der Waals surface area contributed by atoms with Gasteiger partial charge in [0.2, 0.25) is 0 Å². The molecule has 1 aromatic rings. The van der Waals surface area contributed by atoms with E-state index in [9.17, 15) is 0 Å². The van der Waals surface area contributed by atoms with Gasteiger partial charge >= 0.3 is 0 Å². The summed E-state index contributed by atoms with van der Waals surface area (Å²) in [5.41, 5.74) is 1.45. The molecule has 3 unspecified atom stereocenters. The summed E-state index contributed by atoms with van der Waals surface area (Å²) in [6, 6.07) is 11.6. The van der Waals surface area contributed by atoms with Gasteiger partial charge in [0, 0.05) is 30.4 Å². The third-order valence-electron chi connectivity index (χ3n) is 4.76. The van der Waals surface area contributed by atoms with Crippen molar-refractivity contribution in [2.75, 3.05) is 25.0 Å². The highest BCUT2D eigenvalue weighted by Crippen LogP contribution is 2.30. The van der Waals surface area contributed by atoms with E-state index in [0.29, 0.717) is 18.1 Å². The van der Waals surface area contributed by atoms with Gasteiger partial charge in [-0.05, 0) is 18.4 Å². The summed E-state index contributed by atoms with van der Waals surface area (Å²) in [5, 5.41) is 1.03. The maximum Gasteiger partial charge on any atom is 0.0730 e. The lowest BCUT2D eigenvalue weighted by molar-refractivity contribution is -0.0890. The molecule has 2 nitrogen and oxygen atoms in total. The Morgan fingerprint density at radius 1 is 1.20 bits per heavy atom. The lowest BCUT2D eigenvalue weighted by Gasteiger charge is -2.45. The normalized spacial score (nSPS) is 28.9. The first-order chi connectivity index (χ1) is 9.88. The summed E-state index contributed by atoms with van der Waals surface area (Å²) < 4.78 is 5.98. The SMILES string of the molecule is BrCC(CN1CCOC2CCCCC21)c1ccccc1. The van der Waals surface area contributed by atoms with Gasteiger partial charge in [-0.3, -0.25) is 4.90 Å². The highest BCUT2D eigenvalue weighted by atomic mass is 79.9. The zero-order valence-electron chi connectivity index (χ0n) is 12.0. The van der Waals surface area contributed by atoms with Gasteiger partial charge in [-0.1, -0.05) is 59.1 Å². The molecule has 1 aromatic carbocycles. The number of morpholine rings is 1. The van der Waals surface area contributed by atoms with E-state index >= 15 is 0 Å². The van der Waals surface area contributed by atoms with Crippen molar-refractivity contribution in [3.05, 3.63) is 35.9 Å². The topological polar surface area (TPSA) is 12.5 Å². The average molecular weight is 338 g/mol. The first-order valence-electron chi connectivity index (χ1n) is 7.85. The van der Waals surface area contributed by atoms with Crippen LogP contribution in [0, 0.1) is 0 Å². The standard InChI is InChI=1S/C17H24BrNO/c18-12-15(14-6-2-1-3-7-14)13-19-10-11-20-17-9-5-4-8-16(17)19/h1-3,6-7,15-17H,4-5,8-13H2. The van der Waals surface area contributed by atoms with Crippen molar-refractivity contribution >= 4 is 15.9 Å². The minimum atomic E-state index is 0.490. The van der Waals surface area contributed by atoms with Gasteiger partial charge < -0.3 is 4.74 Å². The smallest absolute Gasteiger partial charge is 0.0730 e. The van der Waals surface area contributed by atoms with Crippen LogP contribution in [-0.4, -0.2) is 42.1 Å². The van der Waals surface area contributed by atoms with Crippen molar-refractivity contribution in [3.8, 4) is 0 Å². The fraction of sp³-hybridized carbons (Fsp3) is 0.647. The quantitative estimate of drug-likeness (QED) is 0.774. The molecule has 0 bridgehead atoms. The first-order valence-corrected chi connectivity index (χ1v) is 8.97. The van der Waals surface area contributed by atoms with Crippen molar-refractivity contribution in [3.63, 3.8) is 0 Å². The molecular weight excluding hydrogens is 314 g/mol. The van der Waals surface area contributed by atoms with E-state index in [-0.39, 0.29) is 0 Å². The van der Waals surface area contributed by atoms with Crippen molar-refractivity contribution in [1.82, 2.24) is 4.90 Å². The maximum atomic E-state index is 5.98. The van der Waals surface area contributed by atoms with Crippen LogP contribution in [0.5, 0.6) is 0 Å². The number of halogens is 1. The van der Waals surface area contributed by atoms with E-state index in [0.717, 1.165) is 25.0 Å². The van der Waals surface area contributed by atoms with Gasteiger partial charge in [-0.25, -0.2) is 0 Å². The summed E-state index contributed by atoms with van der Waals surface area (Å²) in [6.07, 6.45) is 5.77. The fourth-order valence-electron chi connectivity index (χ4n) is 3.65. The number of ether oxygens (including phenoxy) is 1. The predicted molar refractivity (Wildman–Crippen MR) is 86.5 cm³/mol. The van der Waals surface area contributed by atoms with Crippen molar-refractivity contribution in [2.24, 2.45) is 0 Å². The molecule has 0 radical (unpaired) electrons. The number of fused-ring (bicyclic) bond motifs is 1. The Bertz CT molecular complexity index is 409. The zero-order valence-corrected chi connectivity index (χ0v) is 13.6. The second kappa shape index (κ2) is 7.06. The molecule has 0 amide bonds. The second-order valence-corrected chi connectivity index (χ2v) is 6.67. The Kier molecular flexibility index (Phi) is 5.14. The Morgan fingerprint density at radius 2 is 2.00 bits per heavy atom. The average Bonchev–Trinajstić information content (AvgIpc) is 2.53.